The maximum Gasteiger partial charge on any atom is 0.312 e. The topological polar surface area (TPSA) is 48.3 Å². The van der Waals surface area contributed by atoms with E-state index in [0.29, 0.717) is 0 Å². The second-order valence-electron chi connectivity index (χ2n) is 8.97. The monoisotopic (exact) mass is 485 g/mol. The predicted octanol–water partition coefficient (Wildman–Crippen LogP) is 6.38. The molecule has 0 N–H and O–H groups in total. The molecular formula is C27H35NO3S2. The highest BCUT2D eigenvalue weighted by Gasteiger charge is 2.28. The zero-order valence-corrected chi connectivity index (χ0v) is 21.6. The average molecular weight is 486 g/mol. The summed E-state index contributed by atoms with van der Waals surface area (Å²) >= 11 is 3.86. The molecule has 0 aliphatic heterocycles. The number of hydrogen-bond donors (Lipinski definition) is 0. The van der Waals surface area contributed by atoms with Crippen molar-refractivity contribution in [3.8, 4) is 0 Å². The van der Waals surface area contributed by atoms with Gasteiger partial charge in [0.25, 0.3) is 0 Å². The minimum Gasteiger partial charge on any atom is -0.469 e. The molecule has 0 saturated heterocycles. The van der Waals surface area contributed by atoms with E-state index in [1.54, 1.807) is 0 Å². The lowest BCUT2D eigenvalue weighted by molar-refractivity contribution is -0.149. The van der Waals surface area contributed by atoms with E-state index in [0.717, 1.165) is 52.0 Å². The van der Waals surface area contributed by atoms with Gasteiger partial charge in [-0.05, 0) is 74.6 Å². The number of rotatable bonds is 13. The molecule has 1 heterocycles. The summed E-state index contributed by atoms with van der Waals surface area (Å²) in [5.41, 5.74) is 1.77. The number of para-hydroxylation sites is 2. The average Bonchev–Trinajstić information content (AvgIpc) is 2.83. The number of unbranched alkanes of at least 4 members (excludes halogenated alkanes) is 2. The van der Waals surface area contributed by atoms with Crippen molar-refractivity contribution >= 4 is 51.3 Å². The van der Waals surface area contributed by atoms with Gasteiger partial charge >= 0.3 is 5.97 Å². The first kappa shape index (κ1) is 25.7. The van der Waals surface area contributed by atoms with Crippen LogP contribution < -0.4 is 5.43 Å². The Balaban J connectivity index is 1.38. The van der Waals surface area contributed by atoms with Crippen molar-refractivity contribution < 1.29 is 9.53 Å². The van der Waals surface area contributed by atoms with Crippen LogP contribution >= 0.6 is 23.5 Å². The molecule has 0 fully saturated rings. The fourth-order valence-electron chi connectivity index (χ4n) is 3.99. The number of carbonyl (C=O) groups excluding carboxylic acids is 1. The maximum absolute atomic E-state index is 12.8. The summed E-state index contributed by atoms with van der Waals surface area (Å²) in [6.45, 7) is 4.81. The third-order valence-corrected chi connectivity index (χ3v) is 8.49. The van der Waals surface area contributed by atoms with Gasteiger partial charge in [0.05, 0.1) is 23.6 Å². The number of methoxy groups -OCH3 is 1. The van der Waals surface area contributed by atoms with Crippen molar-refractivity contribution in [1.82, 2.24) is 4.57 Å². The van der Waals surface area contributed by atoms with Gasteiger partial charge in [-0.25, -0.2) is 0 Å². The van der Waals surface area contributed by atoms with Crippen molar-refractivity contribution in [1.29, 1.82) is 0 Å². The van der Waals surface area contributed by atoms with Gasteiger partial charge in [0.15, 0.2) is 5.43 Å². The first-order valence-corrected chi connectivity index (χ1v) is 14.0. The fourth-order valence-corrected chi connectivity index (χ4v) is 6.12. The van der Waals surface area contributed by atoms with Gasteiger partial charge in [-0.2, -0.15) is 23.5 Å². The quantitative estimate of drug-likeness (QED) is 0.160. The van der Waals surface area contributed by atoms with Crippen LogP contribution in [0, 0.1) is 5.41 Å². The molecular weight excluding hydrogens is 450 g/mol. The van der Waals surface area contributed by atoms with E-state index in [-0.39, 0.29) is 11.4 Å². The third kappa shape index (κ3) is 6.80. The number of nitrogens with zero attached hydrogens (tertiary/aromatic N) is 1. The summed E-state index contributed by atoms with van der Waals surface area (Å²) in [4.78, 5) is 24.5. The van der Waals surface area contributed by atoms with Gasteiger partial charge in [0.1, 0.15) is 0 Å². The number of ether oxygens (including phenoxy) is 1. The smallest absolute Gasteiger partial charge is 0.312 e. The van der Waals surface area contributed by atoms with E-state index < -0.39 is 5.41 Å². The molecule has 0 bridgehead atoms. The summed E-state index contributed by atoms with van der Waals surface area (Å²) in [5.74, 6) is 4.08. The second-order valence-corrected chi connectivity index (χ2v) is 11.3. The summed E-state index contributed by atoms with van der Waals surface area (Å²) in [5, 5.41) is 1.60. The molecule has 0 saturated carbocycles. The lowest BCUT2D eigenvalue weighted by Crippen LogP contribution is -2.28. The van der Waals surface area contributed by atoms with Crippen molar-refractivity contribution in [2.45, 2.75) is 46.1 Å². The SMILES string of the molecule is COC(=O)C(C)(C)CSCCCCCSCCCn1c2ccccc2c(=O)c2ccccc21. The van der Waals surface area contributed by atoms with E-state index in [1.807, 2.05) is 73.8 Å². The minimum absolute atomic E-state index is 0.124. The van der Waals surface area contributed by atoms with Crippen LogP contribution in [0.1, 0.15) is 39.5 Å². The maximum atomic E-state index is 12.8. The Morgan fingerprint density at radius 1 is 0.848 bits per heavy atom. The Morgan fingerprint density at radius 2 is 1.39 bits per heavy atom. The number of aryl methyl sites for hydroxylation is 1. The highest BCUT2D eigenvalue weighted by molar-refractivity contribution is 7.99. The lowest BCUT2D eigenvalue weighted by Gasteiger charge is -2.20. The van der Waals surface area contributed by atoms with Crippen LogP contribution in [0.3, 0.4) is 0 Å². The molecule has 0 spiro atoms. The number of hydrogen-bond acceptors (Lipinski definition) is 5. The number of fused-ring (bicyclic) bond motifs is 2. The van der Waals surface area contributed by atoms with Crippen LogP contribution in [-0.2, 0) is 16.1 Å². The number of pyridine rings is 1. The number of esters is 1. The van der Waals surface area contributed by atoms with Crippen molar-refractivity contribution in [2.75, 3.05) is 30.1 Å². The van der Waals surface area contributed by atoms with Crippen LogP contribution in [0.2, 0.25) is 0 Å². The third-order valence-electron chi connectivity index (χ3n) is 5.83. The van der Waals surface area contributed by atoms with E-state index in [9.17, 15) is 9.59 Å². The predicted molar refractivity (Wildman–Crippen MR) is 145 cm³/mol. The summed E-state index contributed by atoms with van der Waals surface area (Å²) in [7, 11) is 1.46. The van der Waals surface area contributed by atoms with Crippen LogP contribution in [-0.4, -0.2) is 40.7 Å². The Kier molecular flexibility index (Phi) is 9.75. The zero-order chi connectivity index (χ0) is 23.7. The zero-order valence-electron chi connectivity index (χ0n) is 20.0. The minimum atomic E-state index is -0.405. The summed E-state index contributed by atoms with van der Waals surface area (Å²) < 4.78 is 7.17. The molecule has 0 unspecified atom stereocenters. The highest BCUT2D eigenvalue weighted by atomic mass is 32.2. The first-order valence-electron chi connectivity index (χ1n) is 11.7. The number of aromatic nitrogens is 1. The first-order chi connectivity index (χ1) is 16.0. The Hall–Kier alpha value is -1.92. The van der Waals surface area contributed by atoms with Gasteiger partial charge < -0.3 is 9.30 Å². The second kappa shape index (κ2) is 12.5. The number of benzene rings is 2. The van der Waals surface area contributed by atoms with Gasteiger partial charge in [-0.15, -0.1) is 0 Å². The summed E-state index contributed by atoms with van der Waals surface area (Å²) in [6.07, 6.45) is 4.74. The molecule has 3 rings (SSSR count). The van der Waals surface area contributed by atoms with Crippen molar-refractivity contribution in [3.05, 3.63) is 58.8 Å². The molecule has 0 aliphatic carbocycles. The molecule has 6 heteroatoms. The molecule has 0 aliphatic rings. The van der Waals surface area contributed by atoms with Gasteiger partial charge in [-0.3, -0.25) is 9.59 Å². The molecule has 4 nitrogen and oxygen atoms in total. The van der Waals surface area contributed by atoms with E-state index in [4.69, 9.17) is 4.74 Å². The van der Waals surface area contributed by atoms with Gasteiger partial charge in [0, 0.05) is 23.1 Å². The number of carbonyl (C=O) groups is 1. The van der Waals surface area contributed by atoms with E-state index in [2.05, 4.69) is 16.7 Å². The van der Waals surface area contributed by atoms with Crippen LogP contribution in [0.5, 0.6) is 0 Å². The fraction of sp³-hybridized carbons (Fsp3) is 0.481. The Bertz CT molecular complexity index is 1060. The van der Waals surface area contributed by atoms with E-state index >= 15 is 0 Å². The van der Waals surface area contributed by atoms with Crippen molar-refractivity contribution in [3.63, 3.8) is 0 Å². The van der Waals surface area contributed by atoms with Crippen LogP contribution in [0.4, 0.5) is 0 Å². The van der Waals surface area contributed by atoms with Gasteiger partial charge in [0.2, 0.25) is 0 Å². The standard InChI is InChI=1S/C27H35NO3S2/c1-27(2,26(30)31-3)20-33-18-10-4-9-17-32-19-11-16-28-23-14-7-5-12-21(23)25(29)22-13-6-8-15-24(22)28/h5-8,12-15H,4,9-11,16-20H2,1-3H3. The molecule has 0 radical (unpaired) electrons. The van der Waals surface area contributed by atoms with Crippen molar-refractivity contribution in [2.24, 2.45) is 5.41 Å². The Labute approximate surface area is 205 Å². The largest absolute Gasteiger partial charge is 0.469 e. The molecule has 3 aromatic rings. The highest BCUT2D eigenvalue weighted by Crippen LogP contribution is 2.24. The van der Waals surface area contributed by atoms with Crippen LogP contribution in [0.25, 0.3) is 21.8 Å². The van der Waals surface area contributed by atoms with Gasteiger partial charge in [-0.1, -0.05) is 30.7 Å². The lowest BCUT2D eigenvalue weighted by atomic mass is 9.97. The molecule has 2 aromatic carbocycles. The van der Waals surface area contributed by atoms with E-state index in [1.165, 1.54) is 32.1 Å². The molecule has 1 aromatic heterocycles. The normalized spacial score (nSPS) is 11.8. The molecule has 33 heavy (non-hydrogen) atoms. The summed E-state index contributed by atoms with van der Waals surface area (Å²) in [6, 6.07) is 15.9. The van der Waals surface area contributed by atoms with Crippen LogP contribution in [0.15, 0.2) is 53.3 Å². The molecule has 0 atom stereocenters. The number of thioether (sulfide) groups is 2. The Morgan fingerprint density at radius 3 is 2.00 bits per heavy atom. The molecule has 178 valence electrons. The molecule has 0 amide bonds.